The van der Waals surface area contributed by atoms with Crippen LogP contribution in [0.15, 0.2) is 47.4 Å². The molecule has 1 fully saturated rings. The summed E-state index contributed by atoms with van der Waals surface area (Å²) in [6.45, 7) is 0.228. The van der Waals surface area contributed by atoms with Gasteiger partial charge in [0.15, 0.2) is 0 Å². The Morgan fingerprint density at radius 3 is 2.38 bits per heavy atom. The Labute approximate surface area is 189 Å². The van der Waals surface area contributed by atoms with Gasteiger partial charge in [-0.1, -0.05) is 12.1 Å². The molecule has 1 saturated heterocycles. The quantitative estimate of drug-likeness (QED) is 0.578. The summed E-state index contributed by atoms with van der Waals surface area (Å²) >= 11 is 0.822. The minimum atomic E-state index is -0.429. The topological polar surface area (TPSA) is 84.9 Å². The molecule has 0 aromatic heterocycles. The third-order valence-corrected chi connectivity index (χ3v) is 5.66. The lowest BCUT2D eigenvalue weighted by Gasteiger charge is -2.13. The number of aryl methyl sites for hydroxylation is 1. The van der Waals surface area contributed by atoms with E-state index in [9.17, 15) is 18.8 Å². The van der Waals surface area contributed by atoms with Gasteiger partial charge in [-0.25, -0.2) is 4.39 Å². The number of thioether (sulfide) groups is 1. The van der Waals surface area contributed by atoms with E-state index in [1.165, 1.54) is 24.3 Å². The number of carbonyl (C=O) groups is 3. The zero-order chi connectivity index (χ0) is 23.1. The van der Waals surface area contributed by atoms with Crippen molar-refractivity contribution in [3.63, 3.8) is 0 Å². The zero-order valence-electron chi connectivity index (χ0n) is 17.7. The molecule has 168 valence electrons. The van der Waals surface area contributed by atoms with Gasteiger partial charge in [-0.2, -0.15) is 0 Å². The number of halogens is 1. The first-order valence-corrected chi connectivity index (χ1v) is 10.7. The standard InChI is InChI=1S/C23H23FN2O5S/c1-30-18-11-16(12-19(14-18)31-2)5-8-21(27)25-9-10-26-22(28)20(32-23(26)29)13-15-3-6-17(24)7-4-15/h3-4,6-7,11-14H,5,8-10H2,1-2H3,(H,25,27)/b20-13-. The van der Waals surface area contributed by atoms with Crippen LogP contribution < -0.4 is 14.8 Å². The van der Waals surface area contributed by atoms with Crippen molar-refractivity contribution >= 4 is 34.9 Å². The maximum Gasteiger partial charge on any atom is 0.293 e. The van der Waals surface area contributed by atoms with E-state index in [0.717, 1.165) is 22.2 Å². The van der Waals surface area contributed by atoms with Crippen molar-refractivity contribution in [1.82, 2.24) is 10.2 Å². The van der Waals surface area contributed by atoms with Gasteiger partial charge in [0, 0.05) is 25.6 Å². The average molecular weight is 459 g/mol. The molecule has 0 bridgehead atoms. The van der Waals surface area contributed by atoms with Gasteiger partial charge >= 0.3 is 0 Å². The van der Waals surface area contributed by atoms with E-state index < -0.39 is 11.1 Å². The van der Waals surface area contributed by atoms with Crippen LogP contribution in [0, 0.1) is 5.82 Å². The molecule has 1 heterocycles. The molecule has 7 nitrogen and oxygen atoms in total. The first kappa shape index (κ1) is 23.3. The van der Waals surface area contributed by atoms with Gasteiger partial charge in [0.25, 0.3) is 11.1 Å². The molecule has 0 atom stereocenters. The van der Waals surface area contributed by atoms with Gasteiger partial charge in [0.05, 0.1) is 19.1 Å². The highest BCUT2D eigenvalue weighted by Gasteiger charge is 2.34. The molecule has 2 aromatic rings. The second-order valence-corrected chi connectivity index (χ2v) is 7.95. The Bertz CT molecular complexity index is 1020. The molecule has 0 radical (unpaired) electrons. The lowest BCUT2D eigenvalue weighted by Crippen LogP contribution is -2.37. The second kappa shape index (κ2) is 10.8. The van der Waals surface area contributed by atoms with Gasteiger partial charge in [0.2, 0.25) is 5.91 Å². The van der Waals surface area contributed by atoms with Crippen molar-refractivity contribution in [3.8, 4) is 11.5 Å². The summed E-state index contributed by atoms with van der Waals surface area (Å²) in [5, 5.41) is 2.33. The number of rotatable bonds is 9. The molecule has 1 aliphatic heterocycles. The fourth-order valence-electron chi connectivity index (χ4n) is 3.07. The summed E-state index contributed by atoms with van der Waals surface area (Å²) in [6, 6.07) is 11.1. The van der Waals surface area contributed by atoms with E-state index in [1.807, 2.05) is 12.1 Å². The van der Waals surface area contributed by atoms with E-state index in [4.69, 9.17) is 9.47 Å². The van der Waals surface area contributed by atoms with Crippen molar-refractivity contribution in [3.05, 3.63) is 64.3 Å². The molecule has 3 rings (SSSR count). The van der Waals surface area contributed by atoms with Gasteiger partial charge in [-0.3, -0.25) is 19.3 Å². The molecule has 32 heavy (non-hydrogen) atoms. The van der Waals surface area contributed by atoms with Crippen LogP contribution in [0.4, 0.5) is 9.18 Å². The van der Waals surface area contributed by atoms with Crippen molar-refractivity contribution in [2.75, 3.05) is 27.3 Å². The van der Waals surface area contributed by atoms with E-state index in [2.05, 4.69) is 5.32 Å². The summed E-state index contributed by atoms with van der Waals surface area (Å²) in [7, 11) is 3.12. The third kappa shape index (κ3) is 6.10. The van der Waals surface area contributed by atoms with Crippen LogP contribution in [0.5, 0.6) is 11.5 Å². The number of carbonyl (C=O) groups excluding carboxylic acids is 3. The predicted octanol–water partition coefficient (Wildman–Crippen LogP) is 3.63. The normalized spacial score (nSPS) is 14.7. The lowest BCUT2D eigenvalue weighted by molar-refractivity contribution is -0.124. The zero-order valence-corrected chi connectivity index (χ0v) is 18.5. The maximum absolute atomic E-state index is 13.0. The number of imide groups is 1. The van der Waals surface area contributed by atoms with Crippen LogP contribution in [0.25, 0.3) is 6.08 Å². The van der Waals surface area contributed by atoms with Crippen molar-refractivity contribution in [2.45, 2.75) is 12.8 Å². The summed E-state index contributed by atoms with van der Waals surface area (Å²) in [5.74, 6) is 0.292. The predicted molar refractivity (Wildman–Crippen MR) is 120 cm³/mol. The Morgan fingerprint density at radius 1 is 1.09 bits per heavy atom. The first-order valence-electron chi connectivity index (χ1n) is 9.89. The number of amides is 3. The molecule has 0 unspecified atom stereocenters. The molecule has 1 N–H and O–H groups in total. The van der Waals surface area contributed by atoms with Gasteiger partial charge < -0.3 is 14.8 Å². The lowest BCUT2D eigenvalue weighted by atomic mass is 10.1. The molecular formula is C23H23FN2O5S. The third-order valence-electron chi connectivity index (χ3n) is 4.75. The molecule has 3 amide bonds. The van der Waals surface area contributed by atoms with Gasteiger partial charge in [0.1, 0.15) is 17.3 Å². The Balaban J connectivity index is 1.48. The number of ether oxygens (including phenoxy) is 2. The molecule has 1 aliphatic rings. The number of hydrogen-bond acceptors (Lipinski definition) is 6. The van der Waals surface area contributed by atoms with E-state index in [1.54, 1.807) is 26.4 Å². The molecule has 0 aliphatic carbocycles. The van der Waals surface area contributed by atoms with E-state index in [0.29, 0.717) is 23.5 Å². The minimum Gasteiger partial charge on any atom is -0.497 e. The summed E-state index contributed by atoms with van der Waals surface area (Å²) in [5.41, 5.74) is 1.52. The number of nitrogens with one attached hydrogen (secondary N) is 1. The number of nitrogens with zero attached hydrogens (tertiary/aromatic N) is 1. The molecule has 0 spiro atoms. The number of hydrogen-bond donors (Lipinski definition) is 1. The largest absolute Gasteiger partial charge is 0.497 e. The van der Waals surface area contributed by atoms with Gasteiger partial charge in [-0.05, 0) is 59.7 Å². The Morgan fingerprint density at radius 2 is 1.75 bits per heavy atom. The van der Waals surface area contributed by atoms with Crippen molar-refractivity contribution in [1.29, 1.82) is 0 Å². The number of benzene rings is 2. The van der Waals surface area contributed by atoms with Crippen molar-refractivity contribution in [2.24, 2.45) is 0 Å². The molecule has 9 heteroatoms. The van der Waals surface area contributed by atoms with Crippen LogP contribution in [-0.2, 0) is 16.0 Å². The monoisotopic (exact) mass is 458 g/mol. The molecular weight excluding hydrogens is 435 g/mol. The average Bonchev–Trinajstić information content (AvgIpc) is 3.06. The van der Waals surface area contributed by atoms with E-state index >= 15 is 0 Å². The van der Waals surface area contributed by atoms with Crippen LogP contribution in [0.1, 0.15) is 17.5 Å². The fourth-order valence-corrected chi connectivity index (χ4v) is 3.93. The second-order valence-electron chi connectivity index (χ2n) is 6.96. The van der Waals surface area contributed by atoms with Crippen LogP contribution >= 0.6 is 11.8 Å². The Hall–Kier alpha value is -3.33. The Kier molecular flexibility index (Phi) is 7.88. The molecule has 0 saturated carbocycles. The van der Waals surface area contributed by atoms with Crippen molar-refractivity contribution < 1.29 is 28.2 Å². The highest BCUT2D eigenvalue weighted by Crippen LogP contribution is 2.32. The highest BCUT2D eigenvalue weighted by atomic mass is 32.2. The summed E-state index contributed by atoms with van der Waals surface area (Å²) in [6.07, 6.45) is 2.27. The summed E-state index contributed by atoms with van der Waals surface area (Å²) in [4.78, 5) is 38.2. The first-order chi connectivity index (χ1) is 15.4. The van der Waals surface area contributed by atoms with Crippen LogP contribution in [-0.4, -0.2) is 49.3 Å². The minimum absolute atomic E-state index is 0.0736. The van der Waals surface area contributed by atoms with E-state index in [-0.39, 0.29) is 36.1 Å². The fraction of sp³-hybridized carbons (Fsp3) is 0.261. The maximum atomic E-state index is 13.0. The smallest absolute Gasteiger partial charge is 0.293 e. The SMILES string of the molecule is COc1cc(CCC(=O)NCCN2C(=O)S/C(=C\c3ccc(F)cc3)C2=O)cc(OC)c1. The van der Waals surface area contributed by atoms with Gasteiger partial charge in [-0.15, -0.1) is 0 Å². The number of methoxy groups -OCH3 is 2. The summed E-state index contributed by atoms with van der Waals surface area (Å²) < 4.78 is 23.5. The molecule has 2 aromatic carbocycles. The van der Waals surface area contributed by atoms with Crippen LogP contribution in [0.2, 0.25) is 0 Å². The van der Waals surface area contributed by atoms with Crippen LogP contribution in [0.3, 0.4) is 0 Å². The highest BCUT2D eigenvalue weighted by molar-refractivity contribution is 8.18.